The number of fused-ring (bicyclic) bond motifs is 3. The molecule has 0 saturated carbocycles. The molecule has 20 nitrogen and oxygen atoms in total. The van der Waals surface area contributed by atoms with Gasteiger partial charge < -0.3 is 66.3 Å². The molecule has 0 amide bonds. The first-order valence-corrected chi connectivity index (χ1v) is 23.3. The van der Waals surface area contributed by atoms with Gasteiger partial charge in [-0.15, -0.1) is 0 Å². The van der Waals surface area contributed by atoms with Crippen LogP contribution in [-0.2, 0) is 62.4 Å². The van der Waals surface area contributed by atoms with E-state index in [-0.39, 0.29) is 129 Å². The van der Waals surface area contributed by atoms with Crippen LogP contribution in [0.4, 0.5) is 18.4 Å². The smallest absolute Gasteiger partial charge is 0.460 e. The van der Waals surface area contributed by atoms with Gasteiger partial charge in [-0.3, -0.25) is 0 Å². The van der Waals surface area contributed by atoms with E-state index < -0.39 is 64.4 Å². The average molecular weight is 1050 g/mol. The van der Waals surface area contributed by atoms with Crippen LogP contribution in [-0.4, -0.2) is 142 Å². The zero-order valence-corrected chi connectivity index (χ0v) is 41.2. The first-order chi connectivity index (χ1) is 36.2. The number of rotatable bonds is 32. The molecule has 4 aromatic rings. The molecule has 0 fully saturated rings. The number of hydrogen-bond donors (Lipinski definition) is 0. The molecule has 0 bridgehead atoms. The quantitative estimate of drug-likeness (QED) is 0.0117. The van der Waals surface area contributed by atoms with E-state index in [9.17, 15) is 28.8 Å². The fourth-order valence-corrected chi connectivity index (χ4v) is 6.82. The van der Waals surface area contributed by atoms with Gasteiger partial charge in [-0.05, 0) is 70.8 Å². The summed E-state index contributed by atoms with van der Waals surface area (Å²) < 4.78 is 103. The lowest BCUT2D eigenvalue weighted by Crippen LogP contribution is -2.17. The largest absolute Gasteiger partial charge is 0.513 e. The summed E-state index contributed by atoms with van der Waals surface area (Å²) in [5.74, 6) is -5.33. The van der Waals surface area contributed by atoms with Crippen LogP contribution in [0.5, 0.6) is 23.0 Å². The second-order valence-corrected chi connectivity index (χ2v) is 15.9. The summed E-state index contributed by atoms with van der Waals surface area (Å²) in [4.78, 5) is 72.5. The van der Waals surface area contributed by atoms with Crippen molar-refractivity contribution in [3.63, 3.8) is 0 Å². The third-order valence-electron chi connectivity index (χ3n) is 10.4. The van der Waals surface area contributed by atoms with Crippen LogP contribution in [0.15, 0.2) is 98.1 Å². The van der Waals surface area contributed by atoms with Crippen molar-refractivity contribution in [3.8, 4) is 34.1 Å². The number of benzene rings is 4. The Hall–Kier alpha value is -7.60. The Morgan fingerprint density at radius 3 is 1.03 bits per heavy atom. The Morgan fingerprint density at radius 1 is 0.413 bits per heavy atom. The monoisotopic (exact) mass is 1050 g/mol. The van der Waals surface area contributed by atoms with Gasteiger partial charge in [0.25, 0.3) is 0 Å². The second kappa shape index (κ2) is 30.6. The minimum atomic E-state index is -1.12. The summed E-state index contributed by atoms with van der Waals surface area (Å²) in [7, 11) is 0. The van der Waals surface area contributed by atoms with Crippen molar-refractivity contribution < 1.29 is 104 Å². The maximum atomic E-state index is 15.1. The molecule has 1 aliphatic rings. The third kappa shape index (κ3) is 19.0. The molecule has 0 saturated heterocycles. The lowest BCUT2D eigenvalue weighted by atomic mass is 9.82. The molecular formula is C53H56F2O20. The van der Waals surface area contributed by atoms with Gasteiger partial charge in [0.05, 0.1) is 90.4 Å². The highest BCUT2D eigenvalue weighted by Gasteiger charge is 2.37. The predicted octanol–water partition coefficient (Wildman–Crippen LogP) is 7.30. The highest BCUT2D eigenvalue weighted by atomic mass is 19.1. The van der Waals surface area contributed by atoms with E-state index in [2.05, 4.69) is 13.2 Å². The molecule has 0 radical (unpaired) electrons. The van der Waals surface area contributed by atoms with Crippen molar-refractivity contribution in [2.75, 3.05) is 106 Å². The molecule has 0 N–H and O–H groups in total. The summed E-state index contributed by atoms with van der Waals surface area (Å²) >= 11 is 0. The van der Waals surface area contributed by atoms with Gasteiger partial charge in [0.2, 0.25) is 0 Å². The Balaban J connectivity index is 1.00. The first kappa shape index (κ1) is 58.3. The van der Waals surface area contributed by atoms with E-state index in [1.54, 1.807) is 36.4 Å². The minimum Gasteiger partial charge on any atom is -0.460 e. The van der Waals surface area contributed by atoms with Crippen molar-refractivity contribution >= 4 is 36.2 Å². The number of hydrogen-bond acceptors (Lipinski definition) is 20. The fourth-order valence-electron chi connectivity index (χ4n) is 6.82. The highest BCUT2D eigenvalue weighted by molar-refractivity contribution is 5.93. The van der Waals surface area contributed by atoms with Crippen molar-refractivity contribution in [1.82, 2.24) is 0 Å². The van der Waals surface area contributed by atoms with E-state index >= 15 is 8.78 Å². The Bertz CT molecular complexity index is 2440. The maximum absolute atomic E-state index is 15.1. The van der Waals surface area contributed by atoms with Gasteiger partial charge in [-0.25, -0.2) is 37.5 Å². The predicted molar refractivity (Wildman–Crippen MR) is 258 cm³/mol. The number of ether oxygens (including phenoxy) is 14. The average Bonchev–Trinajstić information content (AvgIpc) is 3.61. The molecule has 0 unspecified atom stereocenters. The number of esters is 4. The molecular weight excluding hydrogens is 995 g/mol. The molecule has 0 aromatic heterocycles. The van der Waals surface area contributed by atoms with Gasteiger partial charge in [0, 0.05) is 29.7 Å². The summed E-state index contributed by atoms with van der Waals surface area (Å²) in [6.45, 7) is 12.9. The van der Waals surface area contributed by atoms with E-state index in [4.69, 9.17) is 66.3 Å². The Kier molecular flexibility index (Phi) is 23.8. The van der Waals surface area contributed by atoms with Gasteiger partial charge >= 0.3 is 36.2 Å². The van der Waals surface area contributed by atoms with Crippen molar-refractivity contribution in [2.45, 2.75) is 19.3 Å². The molecule has 22 heteroatoms. The van der Waals surface area contributed by atoms with E-state index in [1.165, 1.54) is 12.1 Å². The third-order valence-corrected chi connectivity index (χ3v) is 10.4. The standard InChI is InChI=1S/C53H56F2O20/c1-5-47(56)68-27-23-64-19-15-62-17-21-66-25-29-70-51(60)74-37-9-13-41(45(54)33-37)49(58)72-35-7-11-39-40-12-8-36(32-44(40)53(3,4)43(39)31-35)73-50(59)42-14-10-38(34-46(42)55)75-52(61)71-30-26-67-22-18-63-16-20-65-24-28-69-48(57)6-2/h5-14,31-34H,1-2,15-30H2,3-4H3. The number of carbonyl (C=O) groups is 6. The number of carbonyl (C=O) groups excluding carboxylic acids is 6. The molecule has 0 spiro atoms. The summed E-state index contributed by atoms with van der Waals surface area (Å²) in [6, 6.07) is 16.1. The molecule has 75 heavy (non-hydrogen) atoms. The maximum Gasteiger partial charge on any atom is 0.513 e. The SMILES string of the molecule is C=CC(=O)OCCOCCOCCOCCOC(=O)Oc1ccc(C(=O)Oc2ccc3c(c2)C(C)(C)c2cc(OC(=O)c4ccc(OC(=O)OCCOCCOCCOCCOC(=O)C=C)cc4F)ccc2-3)c(F)c1. The zero-order valence-electron chi connectivity index (χ0n) is 41.2. The van der Waals surface area contributed by atoms with Crippen LogP contribution in [0.3, 0.4) is 0 Å². The van der Waals surface area contributed by atoms with Crippen LogP contribution in [0, 0.1) is 11.6 Å². The van der Waals surface area contributed by atoms with Crippen LogP contribution < -0.4 is 18.9 Å². The summed E-state index contributed by atoms with van der Waals surface area (Å²) in [5, 5.41) is 0. The van der Waals surface area contributed by atoms with E-state index in [0.29, 0.717) is 0 Å². The molecule has 4 aromatic carbocycles. The van der Waals surface area contributed by atoms with Gasteiger partial charge in [-0.2, -0.15) is 0 Å². The second-order valence-electron chi connectivity index (χ2n) is 15.9. The van der Waals surface area contributed by atoms with Gasteiger partial charge in [0.15, 0.2) is 0 Å². The molecule has 5 rings (SSSR count). The molecule has 402 valence electrons. The fraction of sp³-hybridized carbons (Fsp3) is 0.358. The summed E-state index contributed by atoms with van der Waals surface area (Å²) in [5.41, 5.74) is 1.52. The van der Waals surface area contributed by atoms with Gasteiger partial charge in [-0.1, -0.05) is 39.1 Å². The normalized spacial score (nSPS) is 11.8. The topological polar surface area (TPSA) is 232 Å². The molecule has 1 aliphatic carbocycles. The van der Waals surface area contributed by atoms with Gasteiger partial charge in [0.1, 0.15) is 61.1 Å². The van der Waals surface area contributed by atoms with Crippen molar-refractivity contribution in [1.29, 1.82) is 0 Å². The summed E-state index contributed by atoms with van der Waals surface area (Å²) in [6.07, 6.45) is -0.122. The highest BCUT2D eigenvalue weighted by Crippen LogP contribution is 2.50. The molecule has 0 atom stereocenters. The molecule has 0 aliphatic heterocycles. The lowest BCUT2D eigenvalue weighted by Gasteiger charge is -2.22. The van der Waals surface area contributed by atoms with Crippen molar-refractivity contribution in [2.24, 2.45) is 0 Å². The van der Waals surface area contributed by atoms with E-state index in [0.717, 1.165) is 58.7 Å². The Morgan fingerprint density at radius 2 is 0.707 bits per heavy atom. The van der Waals surface area contributed by atoms with Crippen LogP contribution in [0.25, 0.3) is 11.1 Å². The van der Waals surface area contributed by atoms with Crippen LogP contribution in [0.1, 0.15) is 45.7 Å². The Labute approximate surface area is 430 Å². The van der Waals surface area contributed by atoms with Crippen LogP contribution in [0.2, 0.25) is 0 Å². The lowest BCUT2D eigenvalue weighted by molar-refractivity contribution is -0.140. The first-order valence-electron chi connectivity index (χ1n) is 23.3. The zero-order chi connectivity index (χ0) is 54.0. The number of halogens is 2. The minimum absolute atomic E-state index is 0.0332. The van der Waals surface area contributed by atoms with Crippen LogP contribution >= 0.6 is 0 Å². The molecule has 0 heterocycles. The van der Waals surface area contributed by atoms with E-state index in [1.807, 2.05) is 13.8 Å². The van der Waals surface area contributed by atoms with Crippen molar-refractivity contribution in [3.05, 3.63) is 132 Å².